The van der Waals surface area contributed by atoms with Crippen molar-refractivity contribution in [1.82, 2.24) is 9.88 Å². The fourth-order valence-electron chi connectivity index (χ4n) is 4.28. The molecule has 2 N–H and O–H groups in total. The van der Waals surface area contributed by atoms with Gasteiger partial charge >= 0.3 is 0 Å². The number of fused-ring (bicyclic) bond motifs is 1. The van der Waals surface area contributed by atoms with Crippen LogP contribution in [0.4, 0.5) is 5.69 Å². The molecule has 152 valence electrons. The van der Waals surface area contributed by atoms with Crippen LogP contribution >= 0.6 is 12.2 Å². The van der Waals surface area contributed by atoms with Crippen LogP contribution in [-0.2, 0) is 6.54 Å². The van der Waals surface area contributed by atoms with Crippen LogP contribution in [0.2, 0.25) is 0 Å². The second-order valence-corrected chi connectivity index (χ2v) is 8.18. The molecule has 0 aliphatic heterocycles. The molecule has 1 aliphatic carbocycles. The van der Waals surface area contributed by atoms with E-state index < -0.39 is 0 Å². The lowest BCUT2D eigenvalue weighted by atomic mass is 10.1. The molecule has 0 atom stereocenters. The Morgan fingerprint density at radius 2 is 1.90 bits per heavy atom. The van der Waals surface area contributed by atoms with E-state index in [4.69, 9.17) is 17.0 Å². The van der Waals surface area contributed by atoms with Crippen molar-refractivity contribution in [3.05, 3.63) is 60.3 Å². The number of aromatic amines is 1. The standard InChI is InChI=1S/C24H29N3OS/c1-28-21-12-8-9-19(15-21)26-24(29)27(20-10-4-2-3-5-11-20)17-18-16-25-23-14-7-6-13-22(18)23/h6-9,12-16,20,25H,2-5,10-11,17H2,1H3,(H,26,29). The summed E-state index contributed by atoms with van der Waals surface area (Å²) in [4.78, 5) is 5.80. The number of aromatic nitrogens is 1. The Morgan fingerprint density at radius 3 is 2.69 bits per heavy atom. The van der Waals surface area contributed by atoms with E-state index >= 15 is 0 Å². The number of nitrogens with one attached hydrogen (secondary N) is 2. The number of thiocarbonyl (C=S) groups is 1. The molecule has 2 aromatic carbocycles. The van der Waals surface area contributed by atoms with Crippen LogP contribution in [0.5, 0.6) is 5.75 Å². The quantitative estimate of drug-likeness (QED) is 0.396. The third-order valence-electron chi connectivity index (χ3n) is 5.86. The van der Waals surface area contributed by atoms with Gasteiger partial charge in [-0.2, -0.15) is 0 Å². The molecule has 1 aromatic heterocycles. The molecule has 0 amide bonds. The van der Waals surface area contributed by atoms with E-state index in [1.807, 2.05) is 24.3 Å². The predicted molar refractivity (Wildman–Crippen MR) is 125 cm³/mol. The van der Waals surface area contributed by atoms with Gasteiger partial charge in [-0.3, -0.25) is 0 Å². The summed E-state index contributed by atoms with van der Waals surface area (Å²) in [5.41, 5.74) is 3.43. The summed E-state index contributed by atoms with van der Waals surface area (Å²) in [6.45, 7) is 0.810. The van der Waals surface area contributed by atoms with Gasteiger partial charge in [-0.25, -0.2) is 0 Å². The number of ether oxygens (including phenoxy) is 1. The number of hydrogen-bond donors (Lipinski definition) is 2. The minimum atomic E-state index is 0.469. The molecule has 0 bridgehead atoms. The first-order chi connectivity index (χ1) is 14.2. The monoisotopic (exact) mass is 407 g/mol. The molecule has 1 saturated carbocycles. The molecule has 1 fully saturated rings. The van der Waals surface area contributed by atoms with Crippen LogP contribution < -0.4 is 10.1 Å². The van der Waals surface area contributed by atoms with Crippen molar-refractivity contribution >= 4 is 33.9 Å². The maximum atomic E-state index is 5.92. The van der Waals surface area contributed by atoms with Crippen molar-refractivity contribution < 1.29 is 4.74 Å². The number of methoxy groups -OCH3 is 1. The Morgan fingerprint density at radius 1 is 1.10 bits per heavy atom. The largest absolute Gasteiger partial charge is 0.497 e. The number of nitrogens with zero attached hydrogens (tertiary/aromatic N) is 1. The van der Waals surface area contributed by atoms with Crippen molar-refractivity contribution in [2.45, 2.75) is 51.1 Å². The van der Waals surface area contributed by atoms with E-state index in [0.29, 0.717) is 6.04 Å². The Hall–Kier alpha value is -2.53. The van der Waals surface area contributed by atoms with Gasteiger partial charge in [0, 0.05) is 41.4 Å². The summed E-state index contributed by atoms with van der Waals surface area (Å²) in [5.74, 6) is 0.829. The van der Waals surface area contributed by atoms with Crippen molar-refractivity contribution in [2.24, 2.45) is 0 Å². The van der Waals surface area contributed by atoms with Crippen molar-refractivity contribution in [3.8, 4) is 5.75 Å². The fourth-order valence-corrected chi connectivity index (χ4v) is 4.61. The SMILES string of the molecule is COc1cccc(NC(=S)N(Cc2c[nH]c3ccccc23)C2CCCCCC2)c1. The number of H-pyrrole nitrogens is 1. The summed E-state index contributed by atoms with van der Waals surface area (Å²) < 4.78 is 5.36. The van der Waals surface area contributed by atoms with E-state index in [0.717, 1.165) is 23.1 Å². The number of hydrogen-bond acceptors (Lipinski definition) is 2. The van der Waals surface area contributed by atoms with Crippen LogP contribution in [-0.4, -0.2) is 28.1 Å². The molecular weight excluding hydrogens is 378 g/mol. The highest BCUT2D eigenvalue weighted by Gasteiger charge is 2.24. The molecule has 4 nitrogen and oxygen atoms in total. The molecule has 4 rings (SSSR count). The maximum absolute atomic E-state index is 5.92. The van der Waals surface area contributed by atoms with Gasteiger partial charge in [0.1, 0.15) is 5.75 Å². The predicted octanol–water partition coefficient (Wildman–Crippen LogP) is 6.10. The first kappa shape index (κ1) is 19.8. The van der Waals surface area contributed by atoms with Crippen molar-refractivity contribution in [3.63, 3.8) is 0 Å². The number of rotatable bonds is 5. The number of para-hydroxylation sites is 1. The Balaban J connectivity index is 1.59. The average Bonchev–Trinajstić information content (AvgIpc) is 2.96. The minimum absolute atomic E-state index is 0.469. The van der Waals surface area contributed by atoms with Crippen LogP contribution in [0.15, 0.2) is 54.7 Å². The number of benzene rings is 2. The van der Waals surface area contributed by atoms with Gasteiger partial charge in [-0.05, 0) is 48.8 Å². The third kappa shape index (κ3) is 4.73. The normalized spacial score (nSPS) is 15.1. The van der Waals surface area contributed by atoms with Gasteiger partial charge in [0.25, 0.3) is 0 Å². The van der Waals surface area contributed by atoms with E-state index in [1.165, 1.54) is 55.0 Å². The first-order valence-electron chi connectivity index (χ1n) is 10.5. The lowest BCUT2D eigenvalue weighted by Gasteiger charge is -2.33. The Kier molecular flexibility index (Phi) is 6.35. The molecule has 5 heteroatoms. The zero-order valence-corrected chi connectivity index (χ0v) is 17.8. The van der Waals surface area contributed by atoms with Crippen LogP contribution in [0.1, 0.15) is 44.1 Å². The Labute approximate surface area is 178 Å². The van der Waals surface area contributed by atoms with Crippen molar-refractivity contribution in [2.75, 3.05) is 12.4 Å². The van der Waals surface area contributed by atoms with E-state index in [1.54, 1.807) is 7.11 Å². The molecule has 1 heterocycles. The topological polar surface area (TPSA) is 40.3 Å². The maximum Gasteiger partial charge on any atom is 0.173 e. The molecular formula is C24H29N3OS. The second-order valence-electron chi connectivity index (χ2n) is 7.79. The van der Waals surface area contributed by atoms with E-state index in [-0.39, 0.29) is 0 Å². The molecule has 1 aliphatic rings. The van der Waals surface area contributed by atoms with Crippen LogP contribution in [0, 0.1) is 0 Å². The smallest absolute Gasteiger partial charge is 0.173 e. The van der Waals surface area contributed by atoms with E-state index in [9.17, 15) is 0 Å². The molecule has 0 spiro atoms. The second kappa shape index (κ2) is 9.31. The average molecular weight is 408 g/mol. The van der Waals surface area contributed by atoms with Gasteiger partial charge in [0.05, 0.1) is 7.11 Å². The van der Waals surface area contributed by atoms with E-state index in [2.05, 4.69) is 45.7 Å². The minimum Gasteiger partial charge on any atom is -0.497 e. The highest BCUT2D eigenvalue weighted by atomic mass is 32.1. The highest BCUT2D eigenvalue weighted by Crippen LogP contribution is 2.27. The zero-order chi connectivity index (χ0) is 20.1. The van der Waals surface area contributed by atoms with Gasteiger partial charge in [-0.1, -0.05) is 49.9 Å². The third-order valence-corrected chi connectivity index (χ3v) is 6.20. The lowest BCUT2D eigenvalue weighted by molar-refractivity contribution is 0.281. The van der Waals surface area contributed by atoms with Gasteiger partial charge < -0.3 is 19.9 Å². The van der Waals surface area contributed by atoms with Gasteiger partial charge in [-0.15, -0.1) is 0 Å². The van der Waals surface area contributed by atoms with Crippen molar-refractivity contribution in [1.29, 1.82) is 0 Å². The summed E-state index contributed by atoms with van der Waals surface area (Å²) in [6, 6.07) is 16.9. The van der Waals surface area contributed by atoms with Crippen LogP contribution in [0.25, 0.3) is 10.9 Å². The summed E-state index contributed by atoms with van der Waals surface area (Å²) in [7, 11) is 1.69. The van der Waals surface area contributed by atoms with Gasteiger partial charge in [0.2, 0.25) is 0 Å². The molecule has 0 unspecified atom stereocenters. The molecule has 0 saturated heterocycles. The lowest BCUT2D eigenvalue weighted by Crippen LogP contribution is -2.42. The zero-order valence-electron chi connectivity index (χ0n) is 17.0. The van der Waals surface area contributed by atoms with Gasteiger partial charge in [0.15, 0.2) is 5.11 Å². The number of anilines is 1. The summed E-state index contributed by atoms with van der Waals surface area (Å²) >= 11 is 5.92. The molecule has 3 aromatic rings. The van der Waals surface area contributed by atoms with Crippen LogP contribution in [0.3, 0.4) is 0 Å². The molecule has 29 heavy (non-hydrogen) atoms. The first-order valence-corrected chi connectivity index (χ1v) is 10.9. The summed E-state index contributed by atoms with van der Waals surface area (Å²) in [6.07, 6.45) is 9.72. The Bertz CT molecular complexity index is 959. The highest BCUT2D eigenvalue weighted by molar-refractivity contribution is 7.80. The molecule has 0 radical (unpaired) electrons. The summed E-state index contributed by atoms with van der Waals surface area (Å²) in [5, 5.41) is 5.52. The fraction of sp³-hybridized carbons (Fsp3) is 0.375.